The van der Waals surface area contributed by atoms with Crippen LogP contribution in [0.25, 0.3) is 0 Å². The second-order valence-corrected chi connectivity index (χ2v) is 4.56. The quantitative estimate of drug-likeness (QED) is 0.623. The lowest BCUT2D eigenvalue weighted by Crippen LogP contribution is -2.44. The minimum atomic E-state index is -0.668. The number of furan rings is 1. The van der Waals surface area contributed by atoms with Gasteiger partial charge in [-0.3, -0.25) is 14.9 Å². The molecule has 7 heteroatoms. The average Bonchev–Trinajstić information content (AvgIpc) is 2.80. The summed E-state index contributed by atoms with van der Waals surface area (Å²) in [5.41, 5.74) is 0. The monoisotopic (exact) mass is 268 g/mol. The van der Waals surface area contributed by atoms with Gasteiger partial charge in [-0.1, -0.05) is 0 Å². The first kappa shape index (κ1) is 13.5. The molecular formula is C12H16N2O5. The highest BCUT2D eigenvalue weighted by atomic mass is 16.6. The van der Waals surface area contributed by atoms with Crippen LogP contribution in [0.1, 0.15) is 36.2 Å². The van der Waals surface area contributed by atoms with Crippen LogP contribution >= 0.6 is 0 Å². The normalized spacial score (nSPS) is 15.0. The Morgan fingerprint density at radius 2 is 2.26 bits per heavy atom. The third kappa shape index (κ3) is 2.93. The van der Waals surface area contributed by atoms with Gasteiger partial charge in [-0.25, -0.2) is 0 Å². The van der Waals surface area contributed by atoms with E-state index in [1.807, 2.05) is 0 Å². The SMILES string of the molecule is O=C(c1ccc([N+](=O)[O-])o1)N(CCCO)C1CCC1. The minimum absolute atomic E-state index is 0.00873. The highest BCUT2D eigenvalue weighted by Crippen LogP contribution is 2.27. The topological polar surface area (TPSA) is 96.8 Å². The molecule has 1 heterocycles. The second-order valence-electron chi connectivity index (χ2n) is 4.56. The molecule has 1 aromatic rings. The lowest BCUT2D eigenvalue weighted by Gasteiger charge is -2.37. The van der Waals surface area contributed by atoms with E-state index >= 15 is 0 Å². The molecule has 7 nitrogen and oxygen atoms in total. The first-order valence-electron chi connectivity index (χ1n) is 6.29. The van der Waals surface area contributed by atoms with Crippen molar-refractivity contribution in [1.29, 1.82) is 0 Å². The molecule has 0 atom stereocenters. The zero-order valence-electron chi connectivity index (χ0n) is 10.4. The summed E-state index contributed by atoms with van der Waals surface area (Å²) in [6, 6.07) is 2.66. The van der Waals surface area contributed by atoms with Gasteiger partial charge in [-0.05, 0) is 31.7 Å². The molecule has 1 fully saturated rings. The Bertz CT molecular complexity index is 466. The summed E-state index contributed by atoms with van der Waals surface area (Å²) in [6.07, 6.45) is 3.43. The van der Waals surface area contributed by atoms with Gasteiger partial charge >= 0.3 is 5.88 Å². The van der Waals surface area contributed by atoms with E-state index in [1.54, 1.807) is 4.90 Å². The number of nitrogens with zero attached hydrogens (tertiary/aromatic N) is 2. The van der Waals surface area contributed by atoms with Gasteiger partial charge in [-0.15, -0.1) is 0 Å². The van der Waals surface area contributed by atoms with Crippen LogP contribution in [-0.4, -0.2) is 40.0 Å². The number of aliphatic hydroxyl groups excluding tert-OH is 1. The summed E-state index contributed by atoms with van der Waals surface area (Å²) in [6.45, 7) is 0.448. The van der Waals surface area contributed by atoms with Crippen LogP contribution in [0.5, 0.6) is 0 Å². The van der Waals surface area contributed by atoms with Gasteiger partial charge in [0.05, 0.1) is 6.07 Å². The van der Waals surface area contributed by atoms with E-state index in [2.05, 4.69) is 0 Å². The largest absolute Gasteiger partial charge is 0.433 e. The first-order chi connectivity index (χ1) is 9.13. The molecule has 0 unspecified atom stereocenters. The highest BCUT2D eigenvalue weighted by Gasteiger charge is 2.31. The third-order valence-electron chi connectivity index (χ3n) is 3.32. The summed E-state index contributed by atoms with van der Waals surface area (Å²) >= 11 is 0. The van der Waals surface area contributed by atoms with E-state index in [1.165, 1.54) is 12.1 Å². The molecular weight excluding hydrogens is 252 g/mol. The summed E-state index contributed by atoms with van der Waals surface area (Å²) in [5.74, 6) is -0.790. The Morgan fingerprint density at radius 3 is 2.74 bits per heavy atom. The maximum Gasteiger partial charge on any atom is 0.433 e. The standard InChI is InChI=1S/C12H16N2O5/c15-8-2-7-13(9-3-1-4-9)12(16)10-5-6-11(19-10)14(17)18/h5-6,9,15H,1-4,7-8H2. The van der Waals surface area contributed by atoms with E-state index < -0.39 is 10.8 Å². The number of hydrogen-bond donors (Lipinski definition) is 1. The van der Waals surface area contributed by atoms with Gasteiger partial charge < -0.3 is 14.4 Å². The summed E-state index contributed by atoms with van der Waals surface area (Å²) in [7, 11) is 0. The van der Waals surface area contributed by atoms with Crippen LogP contribution in [-0.2, 0) is 0 Å². The molecule has 0 radical (unpaired) electrons. The number of amides is 1. The Labute approximate surface area is 110 Å². The van der Waals surface area contributed by atoms with Gasteiger partial charge in [0.15, 0.2) is 5.76 Å². The number of nitro groups is 1. The van der Waals surface area contributed by atoms with Gasteiger partial charge in [0.2, 0.25) is 0 Å². The maximum absolute atomic E-state index is 12.2. The van der Waals surface area contributed by atoms with Crippen molar-refractivity contribution in [3.05, 3.63) is 28.0 Å². The number of aliphatic hydroxyl groups is 1. The van der Waals surface area contributed by atoms with E-state index in [9.17, 15) is 14.9 Å². The summed E-state index contributed by atoms with van der Waals surface area (Å²) in [5, 5.41) is 19.4. The Hall–Kier alpha value is -1.89. The molecule has 0 aliphatic heterocycles. The average molecular weight is 268 g/mol. The number of carbonyl (C=O) groups excluding carboxylic acids is 1. The van der Waals surface area contributed by atoms with E-state index in [4.69, 9.17) is 9.52 Å². The molecule has 0 spiro atoms. The molecule has 1 N–H and O–H groups in total. The van der Waals surface area contributed by atoms with Crippen LogP contribution in [0.3, 0.4) is 0 Å². The van der Waals surface area contributed by atoms with Crippen molar-refractivity contribution in [2.75, 3.05) is 13.2 Å². The molecule has 104 valence electrons. The number of hydrogen-bond acceptors (Lipinski definition) is 5. The molecule has 1 amide bonds. The lowest BCUT2D eigenvalue weighted by atomic mass is 9.91. The van der Waals surface area contributed by atoms with Crippen molar-refractivity contribution < 1.29 is 19.2 Å². The van der Waals surface area contributed by atoms with Gasteiger partial charge in [0.1, 0.15) is 4.92 Å². The van der Waals surface area contributed by atoms with Crippen molar-refractivity contribution in [1.82, 2.24) is 4.90 Å². The predicted molar refractivity (Wildman–Crippen MR) is 65.7 cm³/mol. The summed E-state index contributed by atoms with van der Waals surface area (Å²) in [4.78, 5) is 23.8. The fraction of sp³-hybridized carbons (Fsp3) is 0.583. The molecule has 0 aromatic carbocycles. The van der Waals surface area contributed by atoms with Gasteiger partial charge in [-0.2, -0.15) is 0 Å². The predicted octanol–water partition coefficient (Wildman–Crippen LogP) is 1.56. The fourth-order valence-electron chi connectivity index (χ4n) is 2.07. The second kappa shape index (κ2) is 5.83. The van der Waals surface area contributed by atoms with Crippen LogP contribution in [0, 0.1) is 10.1 Å². The van der Waals surface area contributed by atoms with Gasteiger partial charge in [0, 0.05) is 19.2 Å². The van der Waals surface area contributed by atoms with Crippen LogP contribution in [0.15, 0.2) is 16.5 Å². The summed E-state index contributed by atoms with van der Waals surface area (Å²) < 4.78 is 4.93. The van der Waals surface area contributed by atoms with Crippen molar-refractivity contribution in [3.63, 3.8) is 0 Å². The van der Waals surface area contributed by atoms with Crippen molar-refractivity contribution >= 4 is 11.8 Å². The number of carbonyl (C=O) groups is 1. The fourth-order valence-corrected chi connectivity index (χ4v) is 2.07. The van der Waals surface area contributed by atoms with E-state index in [0.717, 1.165) is 19.3 Å². The molecule has 0 saturated heterocycles. The molecule has 1 saturated carbocycles. The van der Waals surface area contributed by atoms with E-state index in [-0.39, 0.29) is 24.3 Å². The molecule has 0 bridgehead atoms. The molecule has 19 heavy (non-hydrogen) atoms. The van der Waals surface area contributed by atoms with Crippen LogP contribution < -0.4 is 0 Å². The molecule has 1 aliphatic carbocycles. The van der Waals surface area contributed by atoms with Gasteiger partial charge in [0.25, 0.3) is 5.91 Å². The molecule has 1 aliphatic rings. The lowest BCUT2D eigenvalue weighted by molar-refractivity contribution is -0.402. The number of rotatable bonds is 6. The molecule has 2 rings (SSSR count). The maximum atomic E-state index is 12.2. The third-order valence-corrected chi connectivity index (χ3v) is 3.32. The van der Waals surface area contributed by atoms with Crippen LogP contribution in [0.2, 0.25) is 0 Å². The Balaban J connectivity index is 2.10. The molecule has 1 aromatic heterocycles. The minimum Gasteiger partial charge on any atom is -0.396 e. The van der Waals surface area contributed by atoms with Crippen molar-refractivity contribution in [2.24, 2.45) is 0 Å². The first-order valence-corrected chi connectivity index (χ1v) is 6.29. The highest BCUT2D eigenvalue weighted by molar-refractivity contribution is 5.92. The zero-order valence-corrected chi connectivity index (χ0v) is 10.4. The van der Waals surface area contributed by atoms with Crippen LogP contribution in [0.4, 0.5) is 5.88 Å². The Morgan fingerprint density at radius 1 is 1.53 bits per heavy atom. The van der Waals surface area contributed by atoms with Crippen molar-refractivity contribution in [3.8, 4) is 0 Å². The Kier molecular flexibility index (Phi) is 4.16. The smallest absolute Gasteiger partial charge is 0.396 e. The zero-order chi connectivity index (χ0) is 13.8. The van der Waals surface area contributed by atoms with Crippen molar-refractivity contribution in [2.45, 2.75) is 31.7 Å². The van der Waals surface area contributed by atoms with E-state index in [0.29, 0.717) is 13.0 Å².